The molecule has 0 unspecified atom stereocenters. The van der Waals surface area contributed by atoms with E-state index in [0.717, 1.165) is 36.1 Å². The Bertz CT molecular complexity index is 1140. The smallest absolute Gasteiger partial charge is 0.341 e. The number of esters is 1. The first-order chi connectivity index (χ1) is 15.4. The summed E-state index contributed by atoms with van der Waals surface area (Å²) in [6.07, 6.45) is 2.59. The minimum absolute atomic E-state index is 0.0969. The lowest BCUT2D eigenvalue weighted by molar-refractivity contribution is -0.122. The van der Waals surface area contributed by atoms with Gasteiger partial charge in [-0.15, -0.1) is 11.3 Å². The molecule has 1 aliphatic heterocycles. The number of anilines is 2. The van der Waals surface area contributed by atoms with Gasteiger partial charge in [-0.1, -0.05) is 12.1 Å². The van der Waals surface area contributed by atoms with E-state index < -0.39 is 28.0 Å². The van der Waals surface area contributed by atoms with Crippen molar-refractivity contribution in [2.75, 3.05) is 28.5 Å². The van der Waals surface area contributed by atoms with Gasteiger partial charge in [-0.25, -0.2) is 13.2 Å². The van der Waals surface area contributed by atoms with Gasteiger partial charge in [0.05, 0.1) is 30.2 Å². The zero-order valence-electron chi connectivity index (χ0n) is 18.0. The van der Waals surface area contributed by atoms with E-state index in [1.165, 1.54) is 15.6 Å². The van der Waals surface area contributed by atoms with Crippen LogP contribution >= 0.6 is 11.3 Å². The van der Waals surface area contributed by atoms with Crippen LogP contribution in [-0.4, -0.2) is 45.3 Å². The number of rotatable bonds is 6. The maximum atomic E-state index is 13.2. The number of hydrogen-bond acceptors (Lipinski definition) is 7. The highest BCUT2D eigenvalue weighted by Gasteiger charge is 2.37. The third-order valence-corrected chi connectivity index (χ3v) is 8.57. The summed E-state index contributed by atoms with van der Waals surface area (Å²) in [5.74, 6) is -0.723. The third-order valence-electron chi connectivity index (χ3n) is 5.62. The molecule has 2 aromatic rings. The van der Waals surface area contributed by atoms with Crippen molar-refractivity contribution in [1.29, 1.82) is 0 Å². The Morgan fingerprint density at radius 3 is 2.72 bits per heavy atom. The van der Waals surface area contributed by atoms with Gasteiger partial charge in [0.15, 0.2) is 6.10 Å². The van der Waals surface area contributed by atoms with E-state index in [9.17, 15) is 18.0 Å². The molecule has 0 saturated heterocycles. The van der Waals surface area contributed by atoms with Gasteiger partial charge in [-0.3, -0.25) is 9.10 Å². The average molecular weight is 479 g/mol. The first kappa shape index (κ1) is 22.6. The maximum absolute atomic E-state index is 13.2. The van der Waals surface area contributed by atoms with Crippen LogP contribution in [0.5, 0.6) is 5.75 Å². The van der Waals surface area contributed by atoms with Crippen LogP contribution in [0.1, 0.15) is 47.5 Å². The van der Waals surface area contributed by atoms with Crippen LogP contribution in [0.2, 0.25) is 0 Å². The monoisotopic (exact) mass is 478 g/mol. The van der Waals surface area contributed by atoms with Gasteiger partial charge in [0.1, 0.15) is 10.8 Å². The number of sulfonamides is 1. The van der Waals surface area contributed by atoms with Crippen LogP contribution in [0.15, 0.2) is 24.3 Å². The predicted molar refractivity (Wildman–Crippen MR) is 123 cm³/mol. The van der Waals surface area contributed by atoms with E-state index in [-0.39, 0.29) is 18.9 Å². The number of ether oxygens (including phenoxy) is 2. The van der Waals surface area contributed by atoms with E-state index in [0.29, 0.717) is 22.0 Å². The molecule has 172 valence electrons. The van der Waals surface area contributed by atoms with Crippen molar-refractivity contribution >= 4 is 43.9 Å². The zero-order chi connectivity index (χ0) is 22.9. The molecule has 0 radical (unpaired) electrons. The lowest BCUT2D eigenvalue weighted by atomic mass is 9.95. The lowest BCUT2D eigenvalue weighted by Gasteiger charge is -2.34. The summed E-state index contributed by atoms with van der Waals surface area (Å²) in [7, 11) is -3.60. The molecule has 2 heterocycles. The van der Waals surface area contributed by atoms with Gasteiger partial charge < -0.3 is 14.8 Å². The molecule has 0 bridgehead atoms. The second-order valence-electron chi connectivity index (χ2n) is 7.63. The van der Waals surface area contributed by atoms with Crippen LogP contribution in [0.25, 0.3) is 0 Å². The van der Waals surface area contributed by atoms with Crippen molar-refractivity contribution in [1.82, 2.24) is 0 Å². The first-order valence-electron chi connectivity index (χ1n) is 10.7. The highest BCUT2D eigenvalue weighted by Crippen LogP contribution is 2.39. The standard InChI is InChI=1S/C22H26N2O6S2/c1-3-29-22(26)19-14-9-5-8-12-18(14)31-21(19)23-20(25)17-13-24(32(27,28)4-2)15-10-6-7-11-16(15)30-17/h6-7,10-11,17H,3-5,8-9,12-13H2,1-2H3,(H,23,25)/t17-/m0/s1. The molecule has 0 saturated carbocycles. The van der Waals surface area contributed by atoms with Crippen LogP contribution in [0, 0.1) is 0 Å². The molecule has 32 heavy (non-hydrogen) atoms. The molecular formula is C22H26N2O6S2. The summed E-state index contributed by atoms with van der Waals surface area (Å²) in [6, 6.07) is 6.74. The quantitative estimate of drug-likeness (QED) is 0.639. The Morgan fingerprint density at radius 2 is 1.97 bits per heavy atom. The number of hydrogen-bond donors (Lipinski definition) is 1. The third kappa shape index (κ3) is 4.21. The molecule has 0 fully saturated rings. The largest absolute Gasteiger partial charge is 0.476 e. The number of carbonyl (C=O) groups is 2. The van der Waals surface area contributed by atoms with Crippen LogP contribution in [-0.2, 0) is 32.4 Å². The normalized spacial score (nSPS) is 17.7. The van der Waals surface area contributed by atoms with Gasteiger partial charge in [-0.05, 0) is 57.2 Å². The summed E-state index contributed by atoms with van der Waals surface area (Å²) in [4.78, 5) is 26.9. The molecule has 2 aliphatic rings. The van der Waals surface area contributed by atoms with Crippen molar-refractivity contribution in [2.24, 2.45) is 0 Å². The van der Waals surface area contributed by atoms with E-state index >= 15 is 0 Å². The minimum atomic E-state index is -3.60. The average Bonchev–Trinajstić information content (AvgIpc) is 3.16. The van der Waals surface area contributed by atoms with Crippen molar-refractivity contribution in [3.8, 4) is 5.75 Å². The Balaban J connectivity index is 1.64. The van der Waals surface area contributed by atoms with Gasteiger partial charge in [0, 0.05) is 4.88 Å². The summed E-state index contributed by atoms with van der Waals surface area (Å²) in [6.45, 7) is 3.40. The van der Waals surface area contributed by atoms with E-state index in [1.807, 2.05) is 0 Å². The van der Waals surface area contributed by atoms with Crippen LogP contribution in [0.4, 0.5) is 10.7 Å². The van der Waals surface area contributed by atoms with Gasteiger partial charge in [0.2, 0.25) is 10.0 Å². The molecule has 1 N–H and O–H groups in total. The number of carbonyl (C=O) groups excluding carboxylic acids is 2. The van der Waals surface area contributed by atoms with Gasteiger partial charge >= 0.3 is 5.97 Å². The molecule has 10 heteroatoms. The fourth-order valence-corrected chi connectivity index (χ4v) is 6.43. The lowest BCUT2D eigenvalue weighted by Crippen LogP contribution is -2.49. The molecule has 0 spiro atoms. The van der Waals surface area contributed by atoms with Crippen molar-refractivity contribution < 1.29 is 27.5 Å². The number of para-hydroxylation sites is 2. The second kappa shape index (κ2) is 9.11. The predicted octanol–water partition coefficient (Wildman–Crippen LogP) is 3.36. The highest BCUT2D eigenvalue weighted by atomic mass is 32.2. The number of nitrogens with zero attached hydrogens (tertiary/aromatic N) is 1. The highest BCUT2D eigenvalue weighted by molar-refractivity contribution is 7.92. The van der Waals surface area contributed by atoms with Gasteiger partial charge in [-0.2, -0.15) is 0 Å². The fraction of sp³-hybridized carbons (Fsp3) is 0.455. The maximum Gasteiger partial charge on any atom is 0.341 e. The fourth-order valence-electron chi connectivity index (χ4n) is 4.02. The summed E-state index contributed by atoms with van der Waals surface area (Å²) in [5, 5.41) is 3.27. The minimum Gasteiger partial charge on any atom is -0.476 e. The molecule has 1 aromatic carbocycles. The first-order valence-corrected chi connectivity index (χ1v) is 13.2. The number of amides is 1. The zero-order valence-corrected chi connectivity index (χ0v) is 19.7. The topological polar surface area (TPSA) is 102 Å². The molecule has 1 amide bonds. The summed E-state index contributed by atoms with van der Waals surface area (Å²) in [5.41, 5.74) is 1.77. The number of benzene rings is 1. The Kier molecular flexibility index (Phi) is 6.43. The molecule has 4 rings (SSSR count). The van der Waals surface area contributed by atoms with Crippen molar-refractivity contribution in [2.45, 2.75) is 45.6 Å². The molecule has 1 aromatic heterocycles. The van der Waals surface area contributed by atoms with Crippen LogP contribution < -0.4 is 14.4 Å². The second-order valence-corrected chi connectivity index (χ2v) is 10.9. The van der Waals surface area contributed by atoms with Gasteiger partial charge in [0.25, 0.3) is 5.91 Å². The summed E-state index contributed by atoms with van der Waals surface area (Å²) < 4.78 is 37.7. The number of nitrogens with one attached hydrogen (secondary N) is 1. The van der Waals surface area contributed by atoms with E-state index in [4.69, 9.17) is 9.47 Å². The molecule has 8 nitrogen and oxygen atoms in total. The Hall–Kier alpha value is -2.59. The summed E-state index contributed by atoms with van der Waals surface area (Å²) >= 11 is 1.38. The number of thiophene rings is 1. The number of aryl methyl sites for hydroxylation is 1. The van der Waals surface area contributed by atoms with Crippen molar-refractivity contribution in [3.05, 3.63) is 40.3 Å². The van der Waals surface area contributed by atoms with E-state index in [1.54, 1.807) is 38.1 Å². The molecule has 1 atom stereocenters. The Morgan fingerprint density at radius 1 is 1.22 bits per heavy atom. The molecular weight excluding hydrogens is 452 g/mol. The van der Waals surface area contributed by atoms with Crippen molar-refractivity contribution in [3.63, 3.8) is 0 Å². The number of fused-ring (bicyclic) bond motifs is 2. The SMILES string of the molecule is CCOC(=O)c1c(NC(=O)[C@@H]2CN(S(=O)(=O)CC)c3ccccc3O2)sc2c1CCCC2. The Labute approximate surface area is 191 Å². The molecule has 1 aliphatic carbocycles. The van der Waals surface area contributed by atoms with E-state index in [2.05, 4.69) is 5.32 Å². The van der Waals surface area contributed by atoms with Crippen LogP contribution in [0.3, 0.4) is 0 Å².